The first-order valence-corrected chi connectivity index (χ1v) is 10.2. The van der Waals surface area contributed by atoms with Gasteiger partial charge in [0.15, 0.2) is 0 Å². The molecule has 1 aliphatic heterocycles. The lowest BCUT2D eigenvalue weighted by Gasteiger charge is -2.15. The van der Waals surface area contributed by atoms with Crippen LogP contribution < -0.4 is 0 Å². The van der Waals surface area contributed by atoms with Gasteiger partial charge in [0, 0.05) is 18.1 Å². The molecule has 0 aliphatic carbocycles. The van der Waals surface area contributed by atoms with Crippen molar-refractivity contribution in [1.29, 1.82) is 0 Å². The van der Waals surface area contributed by atoms with Crippen LogP contribution in [0.4, 0.5) is 0 Å². The summed E-state index contributed by atoms with van der Waals surface area (Å²) in [7, 11) is -3.49. The second-order valence-electron chi connectivity index (χ2n) is 6.58. The molecule has 26 heavy (non-hydrogen) atoms. The van der Waals surface area contributed by atoms with E-state index in [1.807, 2.05) is 55.5 Å². The van der Waals surface area contributed by atoms with Crippen LogP contribution in [0.25, 0.3) is 11.1 Å². The van der Waals surface area contributed by atoms with Crippen LogP contribution >= 0.6 is 11.6 Å². The Morgan fingerprint density at radius 1 is 0.808 bits per heavy atom. The Morgan fingerprint density at radius 3 is 2.12 bits per heavy atom. The third kappa shape index (κ3) is 3.16. The highest BCUT2D eigenvalue weighted by molar-refractivity contribution is 7.89. The lowest BCUT2D eigenvalue weighted by atomic mass is 10.0. The van der Waals surface area contributed by atoms with Crippen molar-refractivity contribution >= 4 is 21.6 Å². The zero-order valence-electron chi connectivity index (χ0n) is 14.3. The molecule has 4 rings (SSSR count). The summed E-state index contributed by atoms with van der Waals surface area (Å²) in [5.74, 6) is 0. The first kappa shape index (κ1) is 17.3. The second-order valence-corrected chi connectivity index (χ2v) is 8.95. The van der Waals surface area contributed by atoms with Crippen molar-refractivity contribution in [3.8, 4) is 11.1 Å². The van der Waals surface area contributed by atoms with E-state index < -0.39 is 10.0 Å². The van der Waals surface area contributed by atoms with E-state index in [0.29, 0.717) is 23.0 Å². The SMILES string of the molecule is Cc1ccc(S(=O)(=O)N2Cc3ccc(-c4ccc(Cl)cc4)cc3C2)cc1. The molecule has 3 aromatic carbocycles. The number of halogens is 1. The molecule has 0 saturated carbocycles. The topological polar surface area (TPSA) is 37.4 Å². The summed E-state index contributed by atoms with van der Waals surface area (Å²) in [6.07, 6.45) is 0. The number of hydrogen-bond acceptors (Lipinski definition) is 2. The molecular weight excluding hydrogens is 366 g/mol. The molecule has 0 saturated heterocycles. The molecule has 0 unspecified atom stereocenters. The molecule has 0 spiro atoms. The third-order valence-electron chi connectivity index (χ3n) is 4.74. The summed E-state index contributed by atoms with van der Waals surface area (Å²) in [5, 5.41) is 0.699. The normalized spacial score (nSPS) is 14.4. The lowest BCUT2D eigenvalue weighted by Crippen LogP contribution is -2.25. The van der Waals surface area contributed by atoms with Gasteiger partial charge in [-0.3, -0.25) is 0 Å². The molecule has 0 radical (unpaired) electrons. The second kappa shape index (κ2) is 6.54. The van der Waals surface area contributed by atoms with Crippen LogP contribution in [0.15, 0.2) is 71.6 Å². The molecule has 0 bridgehead atoms. The van der Waals surface area contributed by atoms with Crippen molar-refractivity contribution in [3.63, 3.8) is 0 Å². The van der Waals surface area contributed by atoms with Crippen molar-refractivity contribution in [1.82, 2.24) is 4.31 Å². The molecule has 0 aromatic heterocycles. The Hall–Kier alpha value is -2.14. The molecule has 1 heterocycles. The van der Waals surface area contributed by atoms with Gasteiger partial charge in [-0.2, -0.15) is 4.31 Å². The molecule has 5 heteroatoms. The Bertz CT molecular complexity index is 1060. The molecule has 3 nitrogen and oxygen atoms in total. The van der Waals surface area contributed by atoms with E-state index in [-0.39, 0.29) is 0 Å². The van der Waals surface area contributed by atoms with E-state index in [2.05, 4.69) is 6.07 Å². The van der Waals surface area contributed by atoms with E-state index in [1.54, 1.807) is 12.1 Å². The smallest absolute Gasteiger partial charge is 0.207 e. The van der Waals surface area contributed by atoms with Gasteiger partial charge in [-0.05, 0) is 59.5 Å². The van der Waals surface area contributed by atoms with Gasteiger partial charge < -0.3 is 0 Å². The maximum atomic E-state index is 12.9. The van der Waals surface area contributed by atoms with Gasteiger partial charge >= 0.3 is 0 Å². The van der Waals surface area contributed by atoms with Crippen LogP contribution in [0, 0.1) is 6.92 Å². The summed E-state index contributed by atoms with van der Waals surface area (Å²) >= 11 is 5.96. The Labute approximate surface area is 158 Å². The van der Waals surface area contributed by atoms with Gasteiger partial charge in [-0.1, -0.05) is 53.6 Å². The van der Waals surface area contributed by atoms with Gasteiger partial charge in [0.05, 0.1) is 4.90 Å². The summed E-state index contributed by atoms with van der Waals surface area (Å²) in [4.78, 5) is 0.342. The van der Waals surface area contributed by atoms with Gasteiger partial charge in [0.25, 0.3) is 0 Å². The number of aryl methyl sites for hydroxylation is 1. The van der Waals surface area contributed by atoms with Gasteiger partial charge in [0.1, 0.15) is 0 Å². The highest BCUT2D eigenvalue weighted by Crippen LogP contribution is 2.32. The van der Waals surface area contributed by atoms with Crippen LogP contribution in [0.3, 0.4) is 0 Å². The highest BCUT2D eigenvalue weighted by Gasteiger charge is 2.30. The van der Waals surface area contributed by atoms with E-state index >= 15 is 0 Å². The first-order chi connectivity index (χ1) is 12.4. The molecule has 0 amide bonds. The van der Waals surface area contributed by atoms with Crippen LogP contribution in [-0.2, 0) is 23.1 Å². The Morgan fingerprint density at radius 2 is 1.42 bits per heavy atom. The predicted octanol–water partition coefficient (Wildman–Crippen LogP) is 5.02. The number of rotatable bonds is 3. The molecule has 0 N–H and O–H groups in total. The van der Waals surface area contributed by atoms with Crippen molar-refractivity contribution in [3.05, 3.63) is 88.4 Å². The maximum Gasteiger partial charge on any atom is 0.243 e. The lowest BCUT2D eigenvalue weighted by molar-refractivity contribution is 0.431. The summed E-state index contributed by atoms with van der Waals surface area (Å²) < 4.78 is 27.4. The zero-order chi connectivity index (χ0) is 18.3. The fraction of sp³-hybridized carbons (Fsp3) is 0.143. The third-order valence-corrected chi connectivity index (χ3v) is 6.79. The maximum absolute atomic E-state index is 12.9. The average molecular weight is 384 g/mol. The fourth-order valence-electron chi connectivity index (χ4n) is 3.21. The number of hydrogen-bond donors (Lipinski definition) is 0. The van der Waals surface area contributed by atoms with Gasteiger partial charge in [-0.15, -0.1) is 0 Å². The monoisotopic (exact) mass is 383 g/mol. The molecule has 1 aliphatic rings. The Balaban J connectivity index is 1.63. The molecule has 0 atom stereocenters. The fourth-order valence-corrected chi connectivity index (χ4v) is 4.74. The quantitative estimate of drug-likeness (QED) is 0.636. The summed E-state index contributed by atoms with van der Waals surface area (Å²) in [6, 6.07) is 20.8. The molecule has 3 aromatic rings. The number of fused-ring (bicyclic) bond motifs is 1. The summed E-state index contributed by atoms with van der Waals surface area (Å²) in [6.45, 7) is 2.75. The standard InChI is InChI=1S/C21H18ClNO2S/c1-15-2-10-21(11-3-15)26(24,25)23-13-18-5-4-17(12-19(18)14-23)16-6-8-20(22)9-7-16/h2-12H,13-14H2,1H3. The van der Waals surface area contributed by atoms with Crippen LogP contribution in [0.5, 0.6) is 0 Å². The van der Waals surface area contributed by atoms with E-state index in [0.717, 1.165) is 27.8 Å². The minimum Gasteiger partial charge on any atom is -0.207 e. The molecular formula is C21H18ClNO2S. The number of nitrogens with zero attached hydrogens (tertiary/aromatic N) is 1. The van der Waals surface area contributed by atoms with E-state index in [4.69, 9.17) is 11.6 Å². The predicted molar refractivity (Wildman–Crippen MR) is 104 cm³/mol. The zero-order valence-corrected chi connectivity index (χ0v) is 15.9. The number of sulfonamides is 1. The number of benzene rings is 3. The van der Waals surface area contributed by atoms with E-state index in [9.17, 15) is 8.42 Å². The largest absolute Gasteiger partial charge is 0.243 e. The average Bonchev–Trinajstić information content (AvgIpc) is 3.07. The van der Waals surface area contributed by atoms with Crippen molar-refractivity contribution < 1.29 is 8.42 Å². The van der Waals surface area contributed by atoms with Crippen molar-refractivity contribution in [2.24, 2.45) is 0 Å². The van der Waals surface area contributed by atoms with Gasteiger partial charge in [-0.25, -0.2) is 8.42 Å². The van der Waals surface area contributed by atoms with Crippen LogP contribution in [-0.4, -0.2) is 12.7 Å². The first-order valence-electron chi connectivity index (χ1n) is 8.38. The molecule has 132 valence electrons. The minimum absolute atomic E-state index is 0.342. The van der Waals surface area contributed by atoms with Crippen LogP contribution in [0.1, 0.15) is 16.7 Å². The van der Waals surface area contributed by atoms with Crippen molar-refractivity contribution in [2.75, 3.05) is 0 Å². The van der Waals surface area contributed by atoms with Crippen LogP contribution in [0.2, 0.25) is 5.02 Å². The van der Waals surface area contributed by atoms with Crippen molar-refractivity contribution in [2.45, 2.75) is 24.9 Å². The summed E-state index contributed by atoms with van der Waals surface area (Å²) in [5.41, 5.74) is 5.28. The molecule has 0 fully saturated rings. The Kier molecular flexibility index (Phi) is 4.35. The van der Waals surface area contributed by atoms with E-state index in [1.165, 1.54) is 4.31 Å². The van der Waals surface area contributed by atoms with Gasteiger partial charge in [0.2, 0.25) is 10.0 Å². The highest BCUT2D eigenvalue weighted by atomic mass is 35.5. The minimum atomic E-state index is -3.49.